The van der Waals surface area contributed by atoms with Gasteiger partial charge in [0.15, 0.2) is 0 Å². The van der Waals surface area contributed by atoms with Crippen LogP contribution in [-0.2, 0) is 11.3 Å². The van der Waals surface area contributed by atoms with Crippen LogP contribution in [0.1, 0.15) is 39.2 Å². The van der Waals surface area contributed by atoms with Gasteiger partial charge in [0, 0.05) is 29.4 Å². The molecule has 7 nitrogen and oxygen atoms in total. The number of hydrogen-bond donors (Lipinski definition) is 1. The van der Waals surface area contributed by atoms with Crippen molar-refractivity contribution in [1.82, 2.24) is 4.90 Å². The summed E-state index contributed by atoms with van der Waals surface area (Å²) in [5.41, 5.74) is 2.13. The van der Waals surface area contributed by atoms with Gasteiger partial charge < -0.3 is 19.5 Å². The molecule has 1 aliphatic rings. The van der Waals surface area contributed by atoms with Crippen molar-refractivity contribution in [3.05, 3.63) is 53.1 Å². The molecule has 0 aliphatic carbocycles. The molecule has 1 N–H and O–H groups in total. The summed E-state index contributed by atoms with van der Waals surface area (Å²) in [6.07, 6.45) is -1.04. The van der Waals surface area contributed by atoms with Crippen LogP contribution < -0.4 is 9.64 Å². The maximum Gasteiger partial charge on any atom is 0.419 e. The Balaban J connectivity index is 1.72. The Kier molecular flexibility index (Phi) is 6.95. The van der Waals surface area contributed by atoms with Gasteiger partial charge in [-0.3, -0.25) is 0 Å². The third kappa shape index (κ3) is 5.82. The highest BCUT2D eigenvalue weighted by Crippen LogP contribution is 2.40. The quantitative estimate of drug-likeness (QED) is 0.562. The molecule has 2 aromatic rings. The van der Waals surface area contributed by atoms with Crippen molar-refractivity contribution in [3.63, 3.8) is 0 Å². The van der Waals surface area contributed by atoms with Gasteiger partial charge >= 0.3 is 12.2 Å². The standard InChI is InChI=1S/C23H27ClN2O5/c1-23(2,3)31-22(29)26(21(27)28)13-7-6-12-25-18-8-4-5-9-20(18)30-15-16-10-11-17(24)14-19(16)25/h4-5,8-11,14H,6-7,12-13,15H2,1-3H3,(H,27,28). The van der Waals surface area contributed by atoms with Crippen LogP contribution in [-0.4, -0.2) is 40.9 Å². The fraction of sp³-hybridized carbons (Fsp3) is 0.391. The molecule has 166 valence electrons. The molecule has 2 aromatic carbocycles. The summed E-state index contributed by atoms with van der Waals surface area (Å²) in [5, 5.41) is 10.0. The van der Waals surface area contributed by atoms with Gasteiger partial charge in [-0.1, -0.05) is 29.8 Å². The Hall–Kier alpha value is -2.93. The van der Waals surface area contributed by atoms with E-state index < -0.39 is 17.8 Å². The molecule has 0 aromatic heterocycles. The first-order valence-corrected chi connectivity index (χ1v) is 10.5. The number of unbranched alkanes of at least 4 members (excludes halogenated alkanes) is 1. The average Bonchev–Trinajstić information content (AvgIpc) is 2.83. The Morgan fingerprint density at radius 3 is 2.61 bits per heavy atom. The van der Waals surface area contributed by atoms with Gasteiger partial charge in [0.05, 0.1) is 5.69 Å². The molecule has 0 unspecified atom stereocenters. The van der Waals surface area contributed by atoms with Gasteiger partial charge in [0.25, 0.3) is 0 Å². The Labute approximate surface area is 187 Å². The minimum atomic E-state index is -1.32. The number of carbonyl (C=O) groups is 2. The van der Waals surface area contributed by atoms with Crippen molar-refractivity contribution in [2.75, 3.05) is 18.0 Å². The van der Waals surface area contributed by atoms with Crippen molar-refractivity contribution in [3.8, 4) is 5.75 Å². The molecule has 2 amide bonds. The molecule has 0 bridgehead atoms. The van der Waals surface area contributed by atoms with Gasteiger partial charge in [0.1, 0.15) is 18.0 Å². The van der Waals surface area contributed by atoms with E-state index in [4.69, 9.17) is 21.1 Å². The summed E-state index contributed by atoms with van der Waals surface area (Å²) >= 11 is 6.26. The van der Waals surface area contributed by atoms with Gasteiger partial charge in [-0.05, 0) is 57.9 Å². The van der Waals surface area contributed by atoms with E-state index in [2.05, 4.69) is 4.90 Å². The number of ether oxygens (including phenoxy) is 2. The topological polar surface area (TPSA) is 79.3 Å². The zero-order valence-electron chi connectivity index (χ0n) is 17.9. The second-order valence-electron chi connectivity index (χ2n) is 8.30. The number of rotatable bonds is 5. The molecule has 0 saturated carbocycles. The maximum atomic E-state index is 12.2. The number of fused-ring (bicyclic) bond motifs is 2. The number of hydrogen-bond acceptors (Lipinski definition) is 5. The van der Waals surface area contributed by atoms with E-state index in [0.29, 0.717) is 31.0 Å². The molecular weight excluding hydrogens is 420 g/mol. The van der Waals surface area contributed by atoms with E-state index in [1.807, 2.05) is 42.5 Å². The van der Waals surface area contributed by atoms with E-state index in [1.54, 1.807) is 20.8 Å². The SMILES string of the molecule is CC(C)(C)OC(=O)N(CCCCN1c2cc(Cl)ccc2COc2ccccc21)C(=O)O. The molecule has 1 aliphatic heterocycles. The number of anilines is 2. The fourth-order valence-electron chi connectivity index (χ4n) is 3.36. The molecule has 8 heteroatoms. The molecular formula is C23H27ClN2O5. The number of nitrogens with zero attached hydrogens (tertiary/aromatic N) is 2. The van der Waals surface area contributed by atoms with Crippen molar-refractivity contribution in [2.45, 2.75) is 45.8 Å². The van der Waals surface area contributed by atoms with Crippen LogP contribution in [0.5, 0.6) is 5.75 Å². The summed E-state index contributed by atoms with van der Waals surface area (Å²) in [6.45, 7) is 6.20. The van der Waals surface area contributed by atoms with Gasteiger partial charge in [0.2, 0.25) is 0 Å². The van der Waals surface area contributed by atoms with Crippen LogP contribution in [0.4, 0.5) is 21.0 Å². The van der Waals surface area contributed by atoms with E-state index in [0.717, 1.165) is 27.6 Å². The molecule has 31 heavy (non-hydrogen) atoms. The zero-order valence-corrected chi connectivity index (χ0v) is 18.7. The molecule has 0 radical (unpaired) electrons. The normalized spacial score (nSPS) is 12.8. The van der Waals surface area contributed by atoms with Crippen LogP contribution in [0.25, 0.3) is 0 Å². The van der Waals surface area contributed by atoms with Crippen molar-refractivity contribution >= 4 is 35.2 Å². The van der Waals surface area contributed by atoms with Crippen LogP contribution in [0, 0.1) is 0 Å². The third-order valence-electron chi connectivity index (χ3n) is 4.74. The average molecular weight is 447 g/mol. The van der Waals surface area contributed by atoms with Gasteiger partial charge in [-0.25, -0.2) is 14.5 Å². The van der Waals surface area contributed by atoms with Crippen LogP contribution in [0.2, 0.25) is 5.02 Å². The number of halogens is 1. The third-order valence-corrected chi connectivity index (χ3v) is 4.97. The summed E-state index contributed by atoms with van der Waals surface area (Å²) in [4.78, 5) is 26.5. The molecule has 1 heterocycles. The Morgan fingerprint density at radius 1 is 1.16 bits per heavy atom. The lowest BCUT2D eigenvalue weighted by Gasteiger charge is -2.27. The molecule has 0 atom stereocenters. The lowest BCUT2D eigenvalue weighted by molar-refractivity contribution is 0.0267. The summed E-state index contributed by atoms with van der Waals surface area (Å²) in [6, 6.07) is 13.5. The van der Waals surface area contributed by atoms with Gasteiger partial charge in [-0.2, -0.15) is 0 Å². The fourth-order valence-corrected chi connectivity index (χ4v) is 3.53. The van der Waals surface area contributed by atoms with Crippen molar-refractivity contribution in [1.29, 1.82) is 0 Å². The number of amides is 2. The number of imide groups is 1. The van der Waals surface area contributed by atoms with E-state index in [9.17, 15) is 14.7 Å². The number of para-hydroxylation sites is 2. The highest BCUT2D eigenvalue weighted by molar-refractivity contribution is 6.30. The number of carbonyl (C=O) groups excluding carboxylic acids is 1. The van der Waals surface area contributed by atoms with E-state index in [-0.39, 0.29) is 6.54 Å². The smallest absolute Gasteiger partial charge is 0.419 e. The van der Waals surface area contributed by atoms with Crippen LogP contribution in [0.15, 0.2) is 42.5 Å². The van der Waals surface area contributed by atoms with Crippen LogP contribution in [0.3, 0.4) is 0 Å². The predicted molar refractivity (Wildman–Crippen MR) is 119 cm³/mol. The second-order valence-corrected chi connectivity index (χ2v) is 8.74. The lowest BCUT2D eigenvalue weighted by Crippen LogP contribution is -2.40. The minimum Gasteiger partial charge on any atom is -0.487 e. The number of benzene rings is 2. The second kappa shape index (κ2) is 9.47. The number of carboxylic acid groups (broad SMARTS) is 1. The monoisotopic (exact) mass is 446 g/mol. The molecule has 0 saturated heterocycles. The molecule has 0 fully saturated rings. The van der Waals surface area contributed by atoms with E-state index in [1.165, 1.54) is 0 Å². The zero-order chi connectivity index (χ0) is 22.6. The largest absolute Gasteiger partial charge is 0.487 e. The predicted octanol–water partition coefficient (Wildman–Crippen LogP) is 6.07. The highest BCUT2D eigenvalue weighted by Gasteiger charge is 2.27. The first-order chi connectivity index (χ1) is 14.7. The minimum absolute atomic E-state index is 0.0542. The van der Waals surface area contributed by atoms with Crippen molar-refractivity contribution < 1.29 is 24.2 Å². The lowest BCUT2D eigenvalue weighted by atomic mass is 10.1. The van der Waals surface area contributed by atoms with Gasteiger partial charge in [-0.15, -0.1) is 0 Å². The molecule has 0 spiro atoms. The van der Waals surface area contributed by atoms with Crippen LogP contribution >= 0.6 is 11.6 Å². The Bertz CT molecular complexity index is 957. The van der Waals surface area contributed by atoms with E-state index >= 15 is 0 Å². The maximum absolute atomic E-state index is 12.2. The first kappa shape index (κ1) is 22.7. The Morgan fingerprint density at radius 2 is 1.90 bits per heavy atom. The first-order valence-electron chi connectivity index (χ1n) is 10.2. The molecule has 3 rings (SSSR count). The van der Waals surface area contributed by atoms with Crippen molar-refractivity contribution in [2.24, 2.45) is 0 Å². The summed E-state index contributed by atoms with van der Waals surface area (Å²) in [5.74, 6) is 0.774. The highest BCUT2D eigenvalue weighted by atomic mass is 35.5. The summed E-state index contributed by atoms with van der Waals surface area (Å²) < 4.78 is 11.2. The summed E-state index contributed by atoms with van der Waals surface area (Å²) in [7, 11) is 0.